The Morgan fingerprint density at radius 3 is 1.73 bits per heavy atom. The van der Waals surface area contributed by atoms with E-state index in [1.54, 1.807) is 45.0 Å². The summed E-state index contributed by atoms with van der Waals surface area (Å²) in [5.41, 5.74) is 2.60. The van der Waals surface area contributed by atoms with E-state index in [4.69, 9.17) is 18.9 Å². The molecular formula is C40H45N3O8. The van der Waals surface area contributed by atoms with Crippen molar-refractivity contribution in [3.8, 4) is 5.75 Å². The lowest BCUT2D eigenvalue weighted by atomic mass is 10.0. The first-order chi connectivity index (χ1) is 24.5. The highest BCUT2D eigenvalue weighted by molar-refractivity contribution is 5.92. The van der Waals surface area contributed by atoms with Gasteiger partial charge < -0.3 is 34.9 Å². The second kappa shape index (κ2) is 19.5. The van der Waals surface area contributed by atoms with E-state index in [1.807, 2.05) is 91.0 Å². The summed E-state index contributed by atoms with van der Waals surface area (Å²) >= 11 is 0. The van der Waals surface area contributed by atoms with E-state index in [2.05, 4.69) is 16.0 Å². The summed E-state index contributed by atoms with van der Waals surface area (Å²) in [7, 11) is 0. The first kappa shape index (κ1) is 38.1. The minimum Gasteiger partial charge on any atom is -0.489 e. The Kier molecular flexibility index (Phi) is 14.6. The molecule has 0 saturated heterocycles. The Bertz CT molecular complexity index is 1680. The van der Waals surface area contributed by atoms with Gasteiger partial charge in [-0.25, -0.2) is 4.79 Å². The minimum atomic E-state index is -1.21. The van der Waals surface area contributed by atoms with Crippen molar-refractivity contribution in [2.75, 3.05) is 13.2 Å². The van der Waals surface area contributed by atoms with Gasteiger partial charge in [-0.1, -0.05) is 103 Å². The summed E-state index contributed by atoms with van der Waals surface area (Å²) in [6, 6.07) is 33.1. The van der Waals surface area contributed by atoms with Crippen molar-refractivity contribution >= 4 is 23.9 Å². The van der Waals surface area contributed by atoms with Crippen LogP contribution in [0.2, 0.25) is 0 Å². The summed E-state index contributed by atoms with van der Waals surface area (Å²) in [4.78, 5) is 52.4. The number of carbonyl (C=O) groups excluding carboxylic acids is 4. The number of alkyl carbamates (subject to hydrolysis) is 1. The average molecular weight is 696 g/mol. The van der Waals surface area contributed by atoms with Crippen LogP contribution < -0.4 is 20.7 Å². The molecule has 0 aliphatic heterocycles. The lowest BCUT2D eigenvalue weighted by Crippen LogP contribution is -2.56. The molecule has 51 heavy (non-hydrogen) atoms. The molecule has 3 amide bonds. The zero-order chi connectivity index (χ0) is 36.5. The van der Waals surface area contributed by atoms with Gasteiger partial charge in [0.1, 0.15) is 43.2 Å². The number of rotatable bonds is 17. The van der Waals surface area contributed by atoms with Gasteiger partial charge >= 0.3 is 12.1 Å². The summed E-state index contributed by atoms with van der Waals surface area (Å²) in [6.45, 7) is 5.13. The van der Waals surface area contributed by atoms with Gasteiger partial charge in [0.15, 0.2) is 0 Å². The number of carbonyl (C=O) groups is 4. The van der Waals surface area contributed by atoms with E-state index >= 15 is 0 Å². The molecule has 0 spiro atoms. The SMILES string of the molecule is CC(C)(C)OC(=O)NC(COCc1ccccc1)C(=O)NC(Cc1ccc(OCc2ccccc2)cc1)C(=O)NCC(=O)OCc1ccccc1. The summed E-state index contributed by atoms with van der Waals surface area (Å²) in [5.74, 6) is -1.31. The second-order valence-electron chi connectivity index (χ2n) is 12.7. The fourth-order valence-electron chi connectivity index (χ4n) is 4.75. The Morgan fingerprint density at radius 2 is 1.16 bits per heavy atom. The fourth-order valence-corrected chi connectivity index (χ4v) is 4.75. The lowest BCUT2D eigenvalue weighted by Gasteiger charge is -2.25. The third-order valence-electron chi connectivity index (χ3n) is 7.30. The zero-order valence-corrected chi connectivity index (χ0v) is 29.1. The standard InChI is InChI=1S/C40H45N3O8/c1-40(2,3)51-39(47)43-35(28-48-25-30-13-7-4-8-14-30)38(46)42-34(37(45)41-24-36(44)50-27-32-17-11-6-12-18-32)23-29-19-21-33(22-20-29)49-26-31-15-9-5-10-16-31/h4-22,34-35H,23-28H2,1-3H3,(H,41,45)(H,42,46)(H,43,47). The molecule has 4 aromatic rings. The van der Waals surface area contributed by atoms with Gasteiger partial charge in [0.05, 0.1) is 13.2 Å². The molecular weight excluding hydrogens is 650 g/mol. The van der Waals surface area contributed by atoms with Crippen molar-refractivity contribution in [3.05, 3.63) is 138 Å². The maximum Gasteiger partial charge on any atom is 0.408 e. The minimum absolute atomic E-state index is 0.0510. The smallest absolute Gasteiger partial charge is 0.408 e. The van der Waals surface area contributed by atoms with Crippen molar-refractivity contribution in [2.45, 2.75) is 64.7 Å². The van der Waals surface area contributed by atoms with Gasteiger partial charge in [-0.2, -0.15) is 0 Å². The van der Waals surface area contributed by atoms with Crippen LogP contribution in [-0.2, 0) is 54.8 Å². The molecule has 0 aliphatic rings. The van der Waals surface area contributed by atoms with Crippen molar-refractivity contribution in [1.82, 2.24) is 16.0 Å². The van der Waals surface area contributed by atoms with Crippen molar-refractivity contribution in [2.24, 2.45) is 0 Å². The molecule has 0 fully saturated rings. The first-order valence-electron chi connectivity index (χ1n) is 16.7. The normalized spacial score (nSPS) is 12.1. The number of benzene rings is 4. The fraction of sp³-hybridized carbons (Fsp3) is 0.300. The molecule has 2 atom stereocenters. The van der Waals surface area contributed by atoms with Gasteiger partial charge in [-0.05, 0) is 55.2 Å². The number of hydrogen-bond donors (Lipinski definition) is 3. The second-order valence-corrected chi connectivity index (χ2v) is 12.7. The van der Waals surface area contributed by atoms with Gasteiger partial charge in [0.2, 0.25) is 11.8 Å². The summed E-state index contributed by atoms with van der Waals surface area (Å²) < 4.78 is 22.4. The van der Waals surface area contributed by atoms with Crippen LogP contribution in [0.25, 0.3) is 0 Å². The third-order valence-corrected chi connectivity index (χ3v) is 7.30. The average Bonchev–Trinajstić information content (AvgIpc) is 3.12. The van der Waals surface area contributed by atoms with E-state index in [1.165, 1.54) is 0 Å². The summed E-state index contributed by atoms with van der Waals surface area (Å²) in [5, 5.41) is 7.88. The molecule has 3 N–H and O–H groups in total. The predicted octanol–water partition coefficient (Wildman–Crippen LogP) is 5.26. The number of amides is 3. The summed E-state index contributed by atoms with van der Waals surface area (Å²) in [6.07, 6.45) is -0.751. The van der Waals surface area contributed by atoms with Crippen LogP contribution in [0.3, 0.4) is 0 Å². The number of hydrogen-bond acceptors (Lipinski definition) is 8. The maximum atomic E-state index is 13.7. The molecule has 4 aromatic carbocycles. The van der Waals surface area contributed by atoms with Gasteiger partial charge in [-0.15, -0.1) is 0 Å². The van der Waals surface area contributed by atoms with Crippen LogP contribution in [0, 0.1) is 0 Å². The Morgan fingerprint density at radius 1 is 0.608 bits per heavy atom. The van der Waals surface area contributed by atoms with Gasteiger partial charge in [-0.3, -0.25) is 14.4 Å². The molecule has 0 radical (unpaired) electrons. The van der Waals surface area contributed by atoms with Crippen molar-refractivity contribution < 1.29 is 38.1 Å². The van der Waals surface area contributed by atoms with Crippen molar-refractivity contribution in [3.63, 3.8) is 0 Å². The van der Waals surface area contributed by atoms with Crippen LogP contribution in [0.4, 0.5) is 4.79 Å². The van der Waals surface area contributed by atoms with Crippen LogP contribution in [0.15, 0.2) is 115 Å². The number of esters is 1. The number of ether oxygens (including phenoxy) is 4. The van der Waals surface area contributed by atoms with Crippen LogP contribution in [-0.4, -0.2) is 54.7 Å². The van der Waals surface area contributed by atoms with Crippen LogP contribution in [0.1, 0.15) is 43.0 Å². The Labute approximate surface area is 298 Å². The predicted molar refractivity (Wildman–Crippen MR) is 191 cm³/mol. The lowest BCUT2D eigenvalue weighted by molar-refractivity contribution is -0.145. The van der Waals surface area contributed by atoms with E-state index in [9.17, 15) is 19.2 Å². The topological polar surface area (TPSA) is 141 Å². The molecule has 0 saturated carbocycles. The first-order valence-corrected chi connectivity index (χ1v) is 16.7. The van der Waals surface area contributed by atoms with Gasteiger partial charge in [0.25, 0.3) is 0 Å². The van der Waals surface area contributed by atoms with Gasteiger partial charge in [0, 0.05) is 6.42 Å². The van der Waals surface area contributed by atoms with E-state index in [-0.39, 0.29) is 26.2 Å². The zero-order valence-electron chi connectivity index (χ0n) is 29.1. The molecule has 2 unspecified atom stereocenters. The third kappa shape index (κ3) is 14.4. The maximum absolute atomic E-state index is 13.7. The molecule has 0 bridgehead atoms. The molecule has 0 aromatic heterocycles. The quantitative estimate of drug-likeness (QED) is 0.127. The van der Waals surface area contributed by atoms with Crippen molar-refractivity contribution in [1.29, 1.82) is 0 Å². The van der Waals surface area contributed by atoms with Crippen LogP contribution in [0.5, 0.6) is 5.75 Å². The number of nitrogens with one attached hydrogen (secondary N) is 3. The molecule has 0 heterocycles. The molecule has 11 heteroatoms. The Hall–Kier alpha value is -5.68. The Balaban J connectivity index is 1.44. The highest BCUT2D eigenvalue weighted by atomic mass is 16.6. The highest BCUT2D eigenvalue weighted by Gasteiger charge is 2.29. The molecule has 0 aliphatic carbocycles. The van der Waals surface area contributed by atoms with Crippen LogP contribution >= 0.6 is 0 Å². The van der Waals surface area contributed by atoms with E-state index in [0.717, 1.165) is 16.7 Å². The highest BCUT2D eigenvalue weighted by Crippen LogP contribution is 2.16. The molecule has 11 nitrogen and oxygen atoms in total. The van der Waals surface area contributed by atoms with E-state index in [0.29, 0.717) is 17.9 Å². The molecule has 268 valence electrons. The molecule has 4 rings (SSSR count). The largest absolute Gasteiger partial charge is 0.489 e. The monoisotopic (exact) mass is 695 g/mol. The van der Waals surface area contributed by atoms with E-state index < -0.39 is 48.1 Å².